The van der Waals surface area contributed by atoms with Gasteiger partial charge in [-0.2, -0.15) is 0 Å². The van der Waals surface area contributed by atoms with Gasteiger partial charge in [0.2, 0.25) is 0 Å². The maximum atomic E-state index is 11.5. The Morgan fingerprint density at radius 2 is 2.50 bits per heavy atom. The van der Waals surface area contributed by atoms with Gasteiger partial charge in [-0.05, 0) is 30.9 Å². The molecular formula is C11H13NO2. The van der Waals surface area contributed by atoms with E-state index in [0.29, 0.717) is 0 Å². The summed E-state index contributed by atoms with van der Waals surface area (Å²) >= 11 is 0. The zero-order valence-corrected chi connectivity index (χ0v) is 8.19. The van der Waals surface area contributed by atoms with Crippen molar-refractivity contribution in [2.75, 3.05) is 7.11 Å². The van der Waals surface area contributed by atoms with Crippen LogP contribution in [-0.2, 0) is 16.0 Å². The summed E-state index contributed by atoms with van der Waals surface area (Å²) in [5.74, 6) is -0.239. The number of aryl methyl sites for hydroxylation is 1. The van der Waals surface area contributed by atoms with Crippen LogP contribution in [0.1, 0.15) is 30.0 Å². The molecule has 1 aliphatic carbocycles. The quantitative estimate of drug-likeness (QED) is 0.634. The average Bonchev–Trinajstić information content (AvgIpc) is 2.27. The van der Waals surface area contributed by atoms with E-state index in [9.17, 15) is 4.79 Å². The molecule has 14 heavy (non-hydrogen) atoms. The fraction of sp³-hybridized carbons (Fsp3) is 0.455. The highest BCUT2D eigenvalue weighted by molar-refractivity contribution is 5.78. The Kier molecular flexibility index (Phi) is 2.48. The third kappa shape index (κ3) is 1.50. The van der Waals surface area contributed by atoms with Gasteiger partial charge in [0.25, 0.3) is 0 Å². The van der Waals surface area contributed by atoms with E-state index < -0.39 is 0 Å². The van der Waals surface area contributed by atoms with Crippen LogP contribution in [0.2, 0.25) is 0 Å². The minimum Gasteiger partial charge on any atom is -0.469 e. The molecule has 2 rings (SSSR count). The van der Waals surface area contributed by atoms with Crippen LogP contribution >= 0.6 is 0 Å². The number of rotatable bonds is 1. The second-order valence-electron chi connectivity index (χ2n) is 3.51. The Balaban J connectivity index is 2.35. The maximum Gasteiger partial charge on any atom is 0.313 e. The van der Waals surface area contributed by atoms with Crippen molar-refractivity contribution in [3.63, 3.8) is 0 Å². The Bertz CT molecular complexity index is 349. The lowest BCUT2D eigenvalue weighted by atomic mass is 9.86. The van der Waals surface area contributed by atoms with Crippen LogP contribution in [0, 0.1) is 0 Å². The molecule has 0 unspecified atom stereocenters. The number of carbonyl (C=O) groups is 1. The second kappa shape index (κ2) is 3.78. The van der Waals surface area contributed by atoms with Crippen LogP contribution in [-0.4, -0.2) is 18.1 Å². The van der Waals surface area contributed by atoms with Crippen LogP contribution in [0.4, 0.5) is 0 Å². The summed E-state index contributed by atoms with van der Waals surface area (Å²) in [7, 11) is 1.44. The van der Waals surface area contributed by atoms with Crippen LogP contribution in [0.5, 0.6) is 0 Å². The number of carbonyl (C=O) groups excluding carboxylic acids is 1. The van der Waals surface area contributed by atoms with E-state index in [1.165, 1.54) is 7.11 Å². The number of aromatic nitrogens is 1. The van der Waals surface area contributed by atoms with Crippen LogP contribution < -0.4 is 0 Å². The molecule has 0 radical (unpaired) electrons. The van der Waals surface area contributed by atoms with E-state index in [-0.39, 0.29) is 11.9 Å². The lowest BCUT2D eigenvalue weighted by Crippen LogP contribution is -2.20. The molecule has 1 aliphatic rings. The minimum atomic E-state index is -0.140. The molecule has 1 heterocycles. The van der Waals surface area contributed by atoms with Gasteiger partial charge in [0.05, 0.1) is 13.0 Å². The molecule has 3 nitrogen and oxygen atoms in total. The molecule has 0 amide bonds. The zero-order valence-electron chi connectivity index (χ0n) is 8.19. The van der Waals surface area contributed by atoms with Crippen LogP contribution in [0.15, 0.2) is 18.3 Å². The van der Waals surface area contributed by atoms with Gasteiger partial charge < -0.3 is 4.74 Å². The van der Waals surface area contributed by atoms with Gasteiger partial charge in [-0.25, -0.2) is 0 Å². The van der Waals surface area contributed by atoms with Gasteiger partial charge in [0, 0.05) is 11.9 Å². The van der Waals surface area contributed by atoms with E-state index in [1.54, 1.807) is 6.20 Å². The van der Waals surface area contributed by atoms with Crippen molar-refractivity contribution in [3.05, 3.63) is 29.6 Å². The first kappa shape index (κ1) is 9.19. The molecule has 0 fully saturated rings. The van der Waals surface area contributed by atoms with Gasteiger partial charge in [0.1, 0.15) is 0 Å². The predicted octanol–water partition coefficient (Wildman–Crippen LogP) is 1.67. The van der Waals surface area contributed by atoms with E-state index in [1.807, 2.05) is 12.1 Å². The summed E-state index contributed by atoms with van der Waals surface area (Å²) in [6.07, 6.45) is 4.65. The highest BCUT2D eigenvalue weighted by Gasteiger charge is 2.27. The third-order valence-electron chi connectivity index (χ3n) is 2.69. The Morgan fingerprint density at radius 3 is 3.29 bits per heavy atom. The summed E-state index contributed by atoms with van der Waals surface area (Å²) in [5.41, 5.74) is 2.10. The summed E-state index contributed by atoms with van der Waals surface area (Å²) in [4.78, 5) is 15.8. The number of methoxy groups -OCH3 is 1. The Labute approximate surface area is 83.1 Å². The Morgan fingerprint density at radius 1 is 1.64 bits per heavy atom. The van der Waals surface area contributed by atoms with E-state index in [2.05, 4.69) is 4.98 Å². The summed E-state index contributed by atoms with van der Waals surface area (Å²) < 4.78 is 4.78. The lowest BCUT2D eigenvalue weighted by Gasteiger charge is -2.22. The molecule has 3 heteroatoms. The molecule has 1 aromatic heterocycles. The molecule has 74 valence electrons. The van der Waals surface area contributed by atoms with Crippen molar-refractivity contribution in [2.24, 2.45) is 0 Å². The number of fused-ring (bicyclic) bond motifs is 1. The molecule has 1 atom stereocenters. The summed E-state index contributed by atoms with van der Waals surface area (Å²) in [5, 5.41) is 0. The monoisotopic (exact) mass is 191 g/mol. The fourth-order valence-corrected chi connectivity index (χ4v) is 1.99. The number of pyridine rings is 1. The van der Waals surface area contributed by atoms with Crippen molar-refractivity contribution in [1.29, 1.82) is 0 Å². The number of esters is 1. The molecule has 0 N–H and O–H groups in total. The first-order chi connectivity index (χ1) is 6.83. The molecule has 1 aromatic rings. The third-order valence-corrected chi connectivity index (χ3v) is 2.69. The van der Waals surface area contributed by atoms with Crippen molar-refractivity contribution >= 4 is 5.97 Å². The van der Waals surface area contributed by atoms with E-state index >= 15 is 0 Å². The maximum absolute atomic E-state index is 11.5. The molecule has 0 aliphatic heterocycles. The largest absolute Gasteiger partial charge is 0.469 e. The first-order valence-corrected chi connectivity index (χ1v) is 4.84. The normalized spacial score (nSPS) is 19.9. The first-order valence-electron chi connectivity index (χ1n) is 4.84. The lowest BCUT2D eigenvalue weighted by molar-refractivity contribution is -0.142. The zero-order chi connectivity index (χ0) is 9.97. The number of hydrogen-bond donors (Lipinski definition) is 0. The van der Waals surface area contributed by atoms with Crippen molar-refractivity contribution < 1.29 is 9.53 Å². The van der Waals surface area contributed by atoms with E-state index in [4.69, 9.17) is 4.74 Å². The van der Waals surface area contributed by atoms with Crippen LogP contribution in [0.25, 0.3) is 0 Å². The van der Waals surface area contributed by atoms with Gasteiger partial charge in [0.15, 0.2) is 0 Å². The number of hydrogen-bond acceptors (Lipinski definition) is 3. The SMILES string of the molecule is COC(=O)[C@H]1CCCc2ncccc21. The van der Waals surface area contributed by atoms with Crippen molar-refractivity contribution in [1.82, 2.24) is 4.98 Å². The number of ether oxygens (including phenoxy) is 1. The van der Waals surface area contributed by atoms with Crippen molar-refractivity contribution in [2.45, 2.75) is 25.2 Å². The number of nitrogens with zero attached hydrogens (tertiary/aromatic N) is 1. The Hall–Kier alpha value is -1.38. The predicted molar refractivity (Wildman–Crippen MR) is 51.9 cm³/mol. The van der Waals surface area contributed by atoms with Gasteiger partial charge in [-0.15, -0.1) is 0 Å². The molecule has 0 aromatic carbocycles. The summed E-state index contributed by atoms with van der Waals surface area (Å²) in [6, 6.07) is 3.85. The molecule has 0 spiro atoms. The topological polar surface area (TPSA) is 39.2 Å². The van der Waals surface area contributed by atoms with E-state index in [0.717, 1.165) is 30.5 Å². The van der Waals surface area contributed by atoms with Gasteiger partial charge in [-0.3, -0.25) is 9.78 Å². The molecule has 0 saturated heterocycles. The highest BCUT2D eigenvalue weighted by Crippen LogP contribution is 2.30. The van der Waals surface area contributed by atoms with Crippen molar-refractivity contribution in [3.8, 4) is 0 Å². The van der Waals surface area contributed by atoms with Gasteiger partial charge >= 0.3 is 5.97 Å². The standard InChI is InChI=1S/C11H13NO2/c1-14-11(13)9-4-2-6-10-8(9)5-3-7-12-10/h3,5,7,9H,2,4,6H2,1H3/t9-/m0/s1. The summed E-state index contributed by atoms with van der Waals surface area (Å²) in [6.45, 7) is 0. The molecule has 0 saturated carbocycles. The fourth-order valence-electron chi connectivity index (χ4n) is 1.99. The second-order valence-corrected chi connectivity index (χ2v) is 3.51. The highest BCUT2D eigenvalue weighted by atomic mass is 16.5. The van der Waals surface area contributed by atoms with Gasteiger partial charge in [-0.1, -0.05) is 6.07 Å². The average molecular weight is 191 g/mol. The minimum absolute atomic E-state index is 0.0996. The van der Waals surface area contributed by atoms with Crippen LogP contribution in [0.3, 0.4) is 0 Å². The molecular weight excluding hydrogens is 178 g/mol. The smallest absolute Gasteiger partial charge is 0.313 e. The molecule has 0 bridgehead atoms.